The summed E-state index contributed by atoms with van der Waals surface area (Å²) in [7, 11) is 0. The van der Waals surface area contributed by atoms with Crippen molar-refractivity contribution >= 4 is 17.6 Å². The lowest BCUT2D eigenvalue weighted by atomic mass is 9.82. The maximum atomic E-state index is 12.4. The highest BCUT2D eigenvalue weighted by atomic mass is 16.5. The molecule has 0 radical (unpaired) electrons. The van der Waals surface area contributed by atoms with Gasteiger partial charge >= 0.3 is 5.97 Å². The molecule has 130 valence electrons. The fourth-order valence-corrected chi connectivity index (χ4v) is 3.09. The highest BCUT2D eigenvalue weighted by molar-refractivity contribution is 5.96. The Kier molecular flexibility index (Phi) is 5.78. The number of fused-ring (bicyclic) bond motifs is 2. The molecule has 0 aromatic heterocycles. The van der Waals surface area contributed by atoms with Crippen molar-refractivity contribution in [2.24, 2.45) is 11.8 Å². The number of carboxylic acid groups (broad SMARTS) is 1. The molecule has 2 bridgehead atoms. The number of benzene rings is 1. The highest BCUT2D eigenvalue weighted by Crippen LogP contribution is 2.39. The van der Waals surface area contributed by atoms with Gasteiger partial charge in [0, 0.05) is 5.69 Å². The van der Waals surface area contributed by atoms with Gasteiger partial charge in [-0.2, -0.15) is 0 Å². The first-order valence-corrected chi connectivity index (χ1v) is 8.45. The van der Waals surface area contributed by atoms with Crippen molar-refractivity contribution in [3.8, 4) is 0 Å². The molecule has 2 aliphatic heterocycles. The molecular weight excluding hydrogens is 306 g/mol. The molecule has 1 aromatic rings. The van der Waals surface area contributed by atoms with Gasteiger partial charge in [0.2, 0.25) is 5.91 Å². The van der Waals surface area contributed by atoms with Crippen LogP contribution in [-0.2, 0) is 14.3 Å². The Balaban J connectivity index is 0.00000100. The Bertz CT molecular complexity index is 621. The van der Waals surface area contributed by atoms with Crippen LogP contribution in [0.25, 0.3) is 0 Å². The zero-order valence-electron chi connectivity index (χ0n) is 14.5. The third kappa shape index (κ3) is 3.51. The summed E-state index contributed by atoms with van der Waals surface area (Å²) < 4.78 is 5.52. The van der Waals surface area contributed by atoms with Crippen LogP contribution < -0.4 is 5.32 Å². The first kappa shape index (κ1) is 18.2. The van der Waals surface area contributed by atoms with E-state index in [2.05, 4.69) is 19.2 Å². The van der Waals surface area contributed by atoms with E-state index in [1.54, 1.807) is 12.2 Å². The van der Waals surface area contributed by atoms with Crippen LogP contribution in [0.5, 0.6) is 0 Å². The van der Waals surface area contributed by atoms with Gasteiger partial charge in [0.15, 0.2) is 0 Å². The summed E-state index contributed by atoms with van der Waals surface area (Å²) >= 11 is 0. The molecule has 1 amide bonds. The number of rotatable bonds is 4. The van der Waals surface area contributed by atoms with Gasteiger partial charge in [-0.15, -0.1) is 0 Å². The molecule has 1 aromatic carbocycles. The molecule has 1 fully saturated rings. The van der Waals surface area contributed by atoms with Gasteiger partial charge in [-0.05, 0) is 23.6 Å². The molecule has 1 saturated heterocycles. The number of carboxylic acids is 1. The number of aliphatic carboxylic acids is 1. The Morgan fingerprint density at radius 2 is 1.58 bits per heavy atom. The van der Waals surface area contributed by atoms with Crippen molar-refractivity contribution in [1.82, 2.24) is 0 Å². The van der Waals surface area contributed by atoms with E-state index >= 15 is 0 Å². The first-order valence-electron chi connectivity index (χ1n) is 8.45. The average Bonchev–Trinajstić information content (AvgIpc) is 3.18. The number of amides is 1. The van der Waals surface area contributed by atoms with E-state index in [4.69, 9.17) is 4.74 Å². The Morgan fingerprint density at radius 3 is 2.08 bits per heavy atom. The summed E-state index contributed by atoms with van der Waals surface area (Å²) in [5.41, 5.74) is 1.86. The number of ether oxygens (including phenoxy) is 1. The van der Waals surface area contributed by atoms with Crippen molar-refractivity contribution in [3.05, 3.63) is 42.0 Å². The molecule has 5 nitrogen and oxygen atoms in total. The van der Waals surface area contributed by atoms with Crippen molar-refractivity contribution < 1.29 is 19.4 Å². The van der Waals surface area contributed by atoms with Crippen LogP contribution in [0, 0.1) is 11.8 Å². The lowest BCUT2D eigenvalue weighted by Crippen LogP contribution is -2.39. The summed E-state index contributed by atoms with van der Waals surface area (Å²) in [5, 5.41) is 12.1. The van der Waals surface area contributed by atoms with Crippen molar-refractivity contribution in [1.29, 1.82) is 0 Å². The number of carbonyl (C=O) groups excluding carboxylic acids is 1. The van der Waals surface area contributed by atoms with Crippen LogP contribution in [0.4, 0.5) is 5.69 Å². The Labute approximate surface area is 142 Å². The largest absolute Gasteiger partial charge is 0.481 e. The molecule has 24 heavy (non-hydrogen) atoms. The maximum absolute atomic E-state index is 12.4. The van der Waals surface area contributed by atoms with Gasteiger partial charge in [-0.25, -0.2) is 0 Å². The average molecular weight is 331 g/mol. The van der Waals surface area contributed by atoms with Crippen LogP contribution in [0.1, 0.15) is 39.2 Å². The summed E-state index contributed by atoms with van der Waals surface area (Å²) in [6.07, 6.45) is 2.56. The second-order valence-electron chi connectivity index (χ2n) is 6.11. The number of hydrogen-bond donors (Lipinski definition) is 2. The van der Waals surface area contributed by atoms with Crippen LogP contribution in [-0.4, -0.2) is 29.2 Å². The zero-order chi connectivity index (χ0) is 17.9. The number of nitrogens with one attached hydrogen (secondary N) is 1. The van der Waals surface area contributed by atoms with Gasteiger partial charge < -0.3 is 15.2 Å². The summed E-state index contributed by atoms with van der Waals surface area (Å²) in [6.45, 7) is 8.20. The number of carbonyl (C=O) groups is 2. The number of hydrogen-bond acceptors (Lipinski definition) is 3. The molecule has 4 atom stereocenters. The molecule has 2 heterocycles. The lowest BCUT2D eigenvalue weighted by Gasteiger charge is -2.21. The topological polar surface area (TPSA) is 75.6 Å². The van der Waals surface area contributed by atoms with Crippen molar-refractivity contribution in [2.45, 2.75) is 45.8 Å². The molecule has 0 aliphatic carbocycles. The summed E-state index contributed by atoms with van der Waals surface area (Å²) in [6, 6.07) is 7.61. The monoisotopic (exact) mass is 331 g/mol. The van der Waals surface area contributed by atoms with Crippen LogP contribution in [0.15, 0.2) is 36.4 Å². The van der Waals surface area contributed by atoms with E-state index in [1.165, 1.54) is 5.56 Å². The van der Waals surface area contributed by atoms with E-state index in [1.807, 2.05) is 38.1 Å². The van der Waals surface area contributed by atoms with Gasteiger partial charge in [-0.3, -0.25) is 9.59 Å². The van der Waals surface area contributed by atoms with Crippen molar-refractivity contribution in [3.63, 3.8) is 0 Å². The standard InChI is InChI=1S/C17H19NO4.C2H6/c1-9(2)10-3-5-11(6-4-10)18-16(19)14-12-7-8-13(22-12)15(14)17(20)21;1-2/h3-9,12-15H,1-2H3,(H,18,19)(H,20,21);1-2H3. The summed E-state index contributed by atoms with van der Waals surface area (Å²) in [4.78, 5) is 23.8. The molecule has 4 unspecified atom stereocenters. The van der Waals surface area contributed by atoms with E-state index in [0.29, 0.717) is 11.6 Å². The zero-order valence-corrected chi connectivity index (χ0v) is 14.5. The molecule has 2 aliphatic rings. The van der Waals surface area contributed by atoms with E-state index in [0.717, 1.165) is 0 Å². The fraction of sp³-hybridized carbons (Fsp3) is 0.474. The predicted octanol–water partition coefficient (Wildman–Crippen LogP) is 3.43. The van der Waals surface area contributed by atoms with Crippen LogP contribution in [0.2, 0.25) is 0 Å². The third-order valence-electron chi connectivity index (χ3n) is 4.33. The summed E-state index contributed by atoms with van der Waals surface area (Å²) in [5.74, 6) is -2.37. The minimum absolute atomic E-state index is 0.304. The van der Waals surface area contributed by atoms with Gasteiger partial charge in [0.1, 0.15) is 5.92 Å². The third-order valence-corrected chi connectivity index (χ3v) is 4.33. The molecule has 0 saturated carbocycles. The number of anilines is 1. The molecule has 2 N–H and O–H groups in total. The van der Waals surface area contributed by atoms with Gasteiger partial charge in [-0.1, -0.05) is 52.0 Å². The lowest BCUT2D eigenvalue weighted by molar-refractivity contribution is -0.145. The molecule has 3 rings (SSSR count). The molecule has 0 spiro atoms. The SMILES string of the molecule is CC.CC(C)c1ccc(NC(=O)C2C3C=CC(O3)C2C(=O)O)cc1. The Morgan fingerprint density at radius 1 is 1.04 bits per heavy atom. The minimum Gasteiger partial charge on any atom is -0.481 e. The quantitative estimate of drug-likeness (QED) is 0.829. The van der Waals surface area contributed by atoms with E-state index in [9.17, 15) is 14.7 Å². The Hall–Kier alpha value is -2.14. The van der Waals surface area contributed by atoms with Gasteiger partial charge in [0.05, 0.1) is 18.1 Å². The smallest absolute Gasteiger partial charge is 0.310 e. The predicted molar refractivity (Wildman–Crippen MR) is 92.9 cm³/mol. The maximum Gasteiger partial charge on any atom is 0.310 e. The highest BCUT2D eigenvalue weighted by Gasteiger charge is 2.53. The van der Waals surface area contributed by atoms with Gasteiger partial charge in [0.25, 0.3) is 0 Å². The van der Waals surface area contributed by atoms with E-state index in [-0.39, 0.29) is 5.91 Å². The second-order valence-corrected chi connectivity index (χ2v) is 6.11. The van der Waals surface area contributed by atoms with E-state index < -0.39 is 30.0 Å². The van der Waals surface area contributed by atoms with Crippen molar-refractivity contribution in [2.75, 3.05) is 5.32 Å². The fourth-order valence-electron chi connectivity index (χ4n) is 3.09. The van der Waals surface area contributed by atoms with Crippen LogP contribution in [0.3, 0.4) is 0 Å². The molecular formula is C19H25NO4. The first-order chi connectivity index (χ1) is 11.5. The minimum atomic E-state index is -0.993. The molecule has 5 heteroatoms. The normalized spacial score (nSPS) is 26.9. The van der Waals surface area contributed by atoms with Crippen LogP contribution >= 0.6 is 0 Å². The second kappa shape index (κ2) is 7.62.